The van der Waals surface area contributed by atoms with Crippen molar-refractivity contribution in [2.24, 2.45) is 0 Å². The lowest BCUT2D eigenvalue weighted by atomic mass is 10.0. The lowest BCUT2D eigenvalue weighted by molar-refractivity contribution is -0.169. The first-order valence-corrected chi connectivity index (χ1v) is 8.80. The highest BCUT2D eigenvalue weighted by Crippen LogP contribution is 2.33. The summed E-state index contributed by atoms with van der Waals surface area (Å²) in [7, 11) is 0. The number of hydrogen-bond donors (Lipinski definition) is 1. The third-order valence-electron chi connectivity index (χ3n) is 5.06. The molecule has 3 aliphatic rings. The monoisotopic (exact) mass is 332 g/mol. The summed E-state index contributed by atoms with van der Waals surface area (Å²) in [6.07, 6.45) is 3.26. The van der Waals surface area contributed by atoms with Crippen molar-refractivity contribution in [2.75, 3.05) is 43.1 Å². The van der Waals surface area contributed by atoms with E-state index >= 15 is 0 Å². The third kappa shape index (κ3) is 3.27. The average molecular weight is 332 g/mol. The number of carbonyl (C=O) groups is 1. The maximum absolute atomic E-state index is 12.1. The van der Waals surface area contributed by atoms with Gasteiger partial charge >= 0.3 is 0 Å². The Kier molecular flexibility index (Phi) is 4.43. The first-order valence-electron chi connectivity index (χ1n) is 8.80. The highest BCUT2D eigenvalue weighted by atomic mass is 16.7. The van der Waals surface area contributed by atoms with Crippen LogP contribution in [0, 0.1) is 0 Å². The molecule has 0 saturated carbocycles. The summed E-state index contributed by atoms with van der Waals surface area (Å²) in [4.78, 5) is 14.4. The van der Waals surface area contributed by atoms with Crippen LogP contribution in [0.25, 0.3) is 0 Å². The van der Waals surface area contributed by atoms with E-state index in [1.165, 1.54) is 0 Å². The number of rotatable bonds is 3. The molecule has 1 unspecified atom stereocenters. The number of nitrogens with one attached hydrogen (secondary N) is 1. The number of hydrogen-bond acceptors (Lipinski definition) is 5. The minimum atomic E-state index is -0.342. The Balaban J connectivity index is 1.33. The van der Waals surface area contributed by atoms with E-state index in [0.29, 0.717) is 19.8 Å². The summed E-state index contributed by atoms with van der Waals surface area (Å²) in [5, 5.41) is 2.93. The van der Waals surface area contributed by atoms with E-state index in [9.17, 15) is 4.79 Å². The highest BCUT2D eigenvalue weighted by Gasteiger charge is 2.39. The zero-order valence-electron chi connectivity index (χ0n) is 13.8. The van der Waals surface area contributed by atoms with Gasteiger partial charge in [-0.25, -0.2) is 0 Å². The number of piperidine rings is 1. The first kappa shape index (κ1) is 15.9. The van der Waals surface area contributed by atoms with Crippen molar-refractivity contribution in [1.82, 2.24) is 0 Å². The molecule has 1 amide bonds. The molecule has 24 heavy (non-hydrogen) atoms. The zero-order chi connectivity index (χ0) is 16.4. The number of nitrogens with zero attached hydrogens (tertiary/aromatic N) is 1. The summed E-state index contributed by atoms with van der Waals surface area (Å²) >= 11 is 0. The minimum absolute atomic E-state index is 0.0457. The van der Waals surface area contributed by atoms with Gasteiger partial charge in [-0.15, -0.1) is 0 Å². The van der Waals surface area contributed by atoms with E-state index in [1.54, 1.807) is 0 Å². The second-order valence-corrected chi connectivity index (χ2v) is 6.63. The van der Waals surface area contributed by atoms with Gasteiger partial charge in [-0.3, -0.25) is 4.79 Å². The summed E-state index contributed by atoms with van der Waals surface area (Å²) < 4.78 is 16.9. The second-order valence-electron chi connectivity index (χ2n) is 6.63. The maximum atomic E-state index is 12.1. The number of benzene rings is 1. The van der Waals surface area contributed by atoms with Crippen LogP contribution in [0.3, 0.4) is 0 Å². The van der Waals surface area contributed by atoms with E-state index < -0.39 is 0 Å². The van der Waals surface area contributed by atoms with Gasteiger partial charge in [0.1, 0.15) is 6.10 Å². The molecule has 6 heteroatoms. The average Bonchev–Trinajstić information content (AvgIpc) is 3.29. The van der Waals surface area contributed by atoms with Crippen molar-refractivity contribution in [1.29, 1.82) is 0 Å². The van der Waals surface area contributed by atoms with Gasteiger partial charge in [0, 0.05) is 43.9 Å². The molecule has 3 heterocycles. The van der Waals surface area contributed by atoms with Gasteiger partial charge in [-0.1, -0.05) is 0 Å². The smallest absolute Gasteiger partial charge is 0.253 e. The van der Waals surface area contributed by atoms with Gasteiger partial charge in [0.15, 0.2) is 5.79 Å². The SMILES string of the molecule is O=C(Nc1ccc(N2CCC3(CC2)OCCO3)cc1)C1CCCO1. The van der Waals surface area contributed by atoms with Crippen LogP contribution >= 0.6 is 0 Å². The lowest BCUT2D eigenvalue weighted by Gasteiger charge is -2.38. The Morgan fingerprint density at radius 3 is 2.42 bits per heavy atom. The van der Waals surface area contributed by atoms with Crippen molar-refractivity contribution in [2.45, 2.75) is 37.6 Å². The molecular weight excluding hydrogens is 308 g/mol. The standard InChI is InChI=1S/C18H24N2O4/c21-17(16-2-1-11-22-16)19-14-3-5-15(6-4-14)20-9-7-18(8-10-20)23-12-13-24-18/h3-6,16H,1-2,7-13H2,(H,19,21). The number of anilines is 2. The van der Waals surface area contributed by atoms with Gasteiger partial charge in [0.25, 0.3) is 5.91 Å². The lowest BCUT2D eigenvalue weighted by Crippen LogP contribution is -2.45. The van der Waals surface area contributed by atoms with Crippen LogP contribution in [0.2, 0.25) is 0 Å². The van der Waals surface area contributed by atoms with E-state index in [2.05, 4.69) is 22.3 Å². The molecule has 3 saturated heterocycles. The topological polar surface area (TPSA) is 60.0 Å². The van der Waals surface area contributed by atoms with E-state index in [-0.39, 0.29) is 17.8 Å². The van der Waals surface area contributed by atoms with Crippen molar-refractivity contribution in [3.05, 3.63) is 24.3 Å². The Morgan fingerprint density at radius 2 is 1.79 bits per heavy atom. The molecule has 1 N–H and O–H groups in total. The fraction of sp³-hybridized carbons (Fsp3) is 0.611. The number of carbonyl (C=O) groups excluding carboxylic acids is 1. The largest absolute Gasteiger partial charge is 0.371 e. The molecule has 4 rings (SSSR count). The summed E-state index contributed by atoms with van der Waals surface area (Å²) in [5.74, 6) is -0.387. The molecule has 6 nitrogen and oxygen atoms in total. The van der Waals surface area contributed by atoms with Crippen LogP contribution < -0.4 is 10.2 Å². The minimum Gasteiger partial charge on any atom is -0.371 e. The molecule has 0 radical (unpaired) electrons. The Bertz CT molecular complexity index is 567. The fourth-order valence-electron chi connectivity index (χ4n) is 3.65. The molecule has 0 aromatic heterocycles. The predicted octanol–water partition coefficient (Wildman–Crippen LogP) is 2.15. The summed E-state index contributed by atoms with van der Waals surface area (Å²) in [6.45, 7) is 3.93. The van der Waals surface area contributed by atoms with Gasteiger partial charge in [-0.2, -0.15) is 0 Å². The third-order valence-corrected chi connectivity index (χ3v) is 5.06. The van der Waals surface area contributed by atoms with Crippen LogP contribution in [-0.4, -0.2) is 50.7 Å². The summed E-state index contributed by atoms with van der Waals surface area (Å²) in [6, 6.07) is 8.02. The van der Waals surface area contributed by atoms with Crippen LogP contribution in [0.4, 0.5) is 11.4 Å². The van der Waals surface area contributed by atoms with Crippen LogP contribution in [-0.2, 0) is 19.0 Å². The molecule has 3 aliphatic heterocycles. The molecule has 1 spiro atoms. The van der Waals surface area contributed by atoms with Crippen LogP contribution in [0.5, 0.6) is 0 Å². The summed E-state index contributed by atoms with van der Waals surface area (Å²) in [5.41, 5.74) is 1.98. The van der Waals surface area contributed by atoms with Gasteiger partial charge in [-0.05, 0) is 37.1 Å². The Morgan fingerprint density at radius 1 is 1.08 bits per heavy atom. The van der Waals surface area contributed by atoms with Gasteiger partial charge in [0.2, 0.25) is 0 Å². The molecular formula is C18H24N2O4. The molecule has 1 atom stereocenters. The quantitative estimate of drug-likeness (QED) is 0.919. The van der Waals surface area contributed by atoms with Crippen molar-refractivity contribution in [3.8, 4) is 0 Å². The predicted molar refractivity (Wildman–Crippen MR) is 90.1 cm³/mol. The van der Waals surface area contributed by atoms with Crippen LogP contribution in [0.15, 0.2) is 24.3 Å². The molecule has 1 aromatic carbocycles. The maximum Gasteiger partial charge on any atom is 0.253 e. The molecule has 130 valence electrons. The normalized spacial score (nSPS) is 26.0. The van der Waals surface area contributed by atoms with Crippen molar-refractivity contribution >= 4 is 17.3 Å². The van der Waals surface area contributed by atoms with Gasteiger partial charge in [0.05, 0.1) is 13.2 Å². The Labute approximate surface area is 142 Å². The zero-order valence-corrected chi connectivity index (χ0v) is 13.8. The van der Waals surface area contributed by atoms with E-state index in [4.69, 9.17) is 14.2 Å². The van der Waals surface area contributed by atoms with Gasteiger partial charge < -0.3 is 24.4 Å². The molecule has 3 fully saturated rings. The van der Waals surface area contributed by atoms with Crippen molar-refractivity contribution in [3.63, 3.8) is 0 Å². The van der Waals surface area contributed by atoms with E-state index in [0.717, 1.165) is 50.1 Å². The number of ether oxygens (including phenoxy) is 3. The van der Waals surface area contributed by atoms with Crippen molar-refractivity contribution < 1.29 is 19.0 Å². The molecule has 0 bridgehead atoms. The Hall–Kier alpha value is -1.63. The molecule has 1 aromatic rings. The first-order chi connectivity index (χ1) is 11.7. The van der Waals surface area contributed by atoms with E-state index in [1.807, 2.05) is 12.1 Å². The number of amides is 1. The van der Waals surface area contributed by atoms with Crippen LogP contribution in [0.1, 0.15) is 25.7 Å². The second kappa shape index (κ2) is 6.70. The fourth-order valence-corrected chi connectivity index (χ4v) is 3.65. The molecule has 0 aliphatic carbocycles. The highest BCUT2D eigenvalue weighted by molar-refractivity contribution is 5.94.